The maximum absolute atomic E-state index is 12.3. The zero-order valence-electron chi connectivity index (χ0n) is 15.2. The molecule has 0 spiro atoms. The number of urea groups is 1. The highest BCUT2D eigenvalue weighted by Gasteiger charge is 2.13. The van der Waals surface area contributed by atoms with E-state index >= 15 is 0 Å². The van der Waals surface area contributed by atoms with Crippen molar-refractivity contribution in [3.8, 4) is 17.0 Å². The SMILES string of the molecule is COc1ccccc1NC(=O)Nc1nc(-c2c(C)cc(C)cc2C)cs1. The number of rotatable bonds is 4. The first-order chi connectivity index (χ1) is 12.5. The fraction of sp³-hybridized carbons (Fsp3) is 0.200. The zero-order valence-corrected chi connectivity index (χ0v) is 16.0. The van der Waals surface area contributed by atoms with Crippen LogP contribution in [0.1, 0.15) is 16.7 Å². The van der Waals surface area contributed by atoms with E-state index in [0.29, 0.717) is 16.6 Å². The van der Waals surface area contributed by atoms with Crippen LogP contribution in [0.3, 0.4) is 0 Å². The standard InChI is InChI=1S/C20H21N3O2S/c1-12-9-13(2)18(14(3)10-12)16-11-26-20(22-16)23-19(24)21-15-7-5-6-8-17(15)25-4/h5-11H,1-4H3,(H2,21,22,23,24). The highest BCUT2D eigenvalue weighted by atomic mass is 32.1. The average molecular weight is 367 g/mol. The lowest BCUT2D eigenvalue weighted by Gasteiger charge is -2.10. The highest BCUT2D eigenvalue weighted by molar-refractivity contribution is 7.14. The molecule has 1 aromatic heterocycles. The molecule has 0 aliphatic heterocycles. The van der Waals surface area contributed by atoms with Crippen LogP contribution >= 0.6 is 11.3 Å². The minimum absolute atomic E-state index is 0.354. The summed E-state index contributed by atoms with van der Waals surface area (Å²) in [5.74, 6) is 0.605. The first-order valence-corrected chi connectivity index (χ1v) is 9.10. The molecule has 134 valence electrons. The van der Waals surface area contributed by atoms with Gasteiger partial charge >= 0.3 is 6.03 Å². The second-order valence-corrected chi connectivity index (χ2v) is 6.95. The third-order valence-corrected chi connectivity index (χ3v) is 4.77. The molecule has 0 saturated heterocycles. The molecule has 0 saturated carbocycles. The Morgan fingerprint density at radius 1 is 1.08 bits per heavy atom. The average Bonchev–Trinajstić information content (AvgIpc) is 3.02. The van der Waals surface area contributed by atoms with Gasteiger partial charge in [-0.2, -0.15) is 0 Å². The lowest BCUT2D eigenvalue weighted by atomic mass is 9.98. The molecule has 2 amide bonds. The first kappa shape index (κ1) is 17.9. The third kappa shape index (κ3) is 3.86. The number of aromatic nitrogens is 1. The number of aryl methyl sites for hydroxylation is 3. The van der Waals surface area contributed by atoms with E-state index in [1.807, 2.05) is 17.5 Å². The fourth-order valence-electron chi connectivity index (χ4n) is 3.03. The molecular formula is C20H21N3O2S. The van der Waals surface area contributed by atoms with Crippen LogP contribution in [0.2, 0.25) is 0 Å². The smallest absolute Gasteiger partial charge is 0.325 e. The van der Waals surface area contributed by atoms with E-state index in [1.54, 1.807) is 19.2 Å². The minimum Gasteiger partial charge on any atom is -0.495 e. The van der Waals surface area contributed by atoms with Gasteiger partial charge in [-0.1, -0.05) is 29.8 Å². The van der Waals surface area contributed by atoms with Gasteiger partial charge in [0.1, 0.15) is 5.75 Å². The number of methoxy groups -OCH3 is 1. The normalized spacial score (nSPS) is 10.5. The van der Waals surface area contributed by atoms with Crippen LogP contribution in [-0.2, 0) is 0 Å². The highest BCUT2D eigenvalue weighted by Crippen LogP contribution is 2.31. The number of amides is 2. The summed E-state index contributed by atoms with van der Waals surface area (Å²) < 4.78 is 5.24. The summed E-state index contributed by atoms with van der Waals surface area (Å²) >= 11 is 1.40. The fourth-order valence-corrected chi connectivity index (χ4v) is 3.73. The van der Waals surface area contributed by atoms with Crippen molar-refractivity contribution in [1.82, 2.24) is 4.98 Å². The molecule has 0 bridgehead atoms. The number of hydrogen-bond acceptors (Lipinski definition) is 4. The van der Waals surface area contributed by atoms with Gasteiger partial charge in [-0.3, -0.25) is 5.32 Å². The molecule has 2 aromatic carbocycles. The Hall–Kier alpha value is -2.86. The number of hydrogen-bond donors (Lipinski definition) is 2. The van der Waals surface area contributed by atoms with Crippen molar-refractivity contribution in [1.29, 1.82) is 0 Å². The molecule has 3 aromatic rings. The molecule has 1 heterocycles. The lowest BCUT2D eigenvalue weighted by molar-refractivity contribution is 0.262. The van der Waals surface area contributed by atoms with Crippen molar-refractivity contribution >= 4 is 28.2 Å². The molecule has 6 heteroatoms. The summed E-state index contributed by atoms with van der Waals surface area (Å²) in [7, 11) is 1.57. The van der Waals surface area contributed by atoms with Crippen molar-refractivity contribution in [2.45, 2.75) is 20.8 Å². The van der Waals surface area contributed by atoms with Gasteiger partial charge in [-0.15, -0.1) is 11.3 Å². The lowest BCUT2D eigenvalue weighted by Crippen LogP contribution is -2.19. The van der Waals surface area contributed by atoms with E-state index in [4.69, 9.17) is 4.74 Å². The van der Waals surface area contributed by atoms with E-state index in [1.165, 1.54) is 28.0 Å². The van der Waals surface area contributed by atoms with Crippen molar-refractivity contribution in [2.75, 3.05) is 17.7 Å². The Kier molecular flexibility index (Phi) is 5.23. The summed E-state index contributed by atoms with van der Waals surface area (Å²) in [6.07, 6.45) is 0. The molecule has 0 aliphatic carbocycles. The van der Waals surface area contributed by atoms with E-state index in [9.17, 15) is 4.79 Å². The summed E-state index contributed by atoms with van der Waals surface area (Å²) in [6, 6.07) is 11.2. The Labute approximate surface area is 157 Å². The van der Waals surface area contributed by atoms with Gasteiger partial charge in [0.05, 0.1) is 18.5 Å². The first-order valence-electron chi connectivity index (χ1n) is 8.22. The summed E-state index contributed by atoms with van der Waals surface area (Å²) in [5.41, 5.74) is 6.18. The minimum atomic E-state index is -0.354. The molecular weight excluding hydrogens is 346 g/mol. The molecule has 5 nitrogen and oxygen atoms in total. The van der Waals surface area contributed by atoms with Crippen molar-refractivity contribution in [3.63, 3.8) is 0 Å². The van der Waals surface area contributed by atoms with E-state index in [-0.39, 0.29) is 6.03 Å². The van der Waals surface area contributed by atoms with Gasteiger partial charge in [-0.25, -0.2) is 9.78 Å². The van der Waals surface area contributed by atoms with E-state index in [2.05, 4.69) is 48.5 Å². The van der Waals surface area contributed by atoms with Crippen molar-refractivity contribution in [2.24, 2.45) is 0 Å². The molecule has 0 atom stereocenters. The maximum Gasteiger partial charge on any atom is 0.325 e. The molecule has 3 rings (SSSR count). The monoisotopic (exact) mass is 367 g/mol. The number of carbonyl (C=O) groups excluding carboxylic acids is 1. The van der Waals surface area contributed by atoms with Crippen LogP contribution in [0, 0.1) is 20.8 Å². The second kappa shape index (κ2) is 7.58. The third-order valence-electron chi connectivity index (χ3n) is 4.01. The number of ether oxygens (including phenoxy) is 1. The van der Waals surface area contributed by atoms with Gasteiger partial charge in [0.2, 0.25) is 0 Å². The second-order valence-electron chi connectivity index (χ2n) is 6.09. The molecule has 0 aliphatic rings. The summed E-state index contributed by atoms with van der Waals surface area (Å²) in [6.45, 7) is 6.24. The quantitative estimate of drug-likeness (QED) is 0.650. The number of anilines is 2. The topological polar surface area (TPSA) is 63.2 Å². The van der Waals surface area contributed by atoms with Crippen molar-refractivity contribution in [3.05, 3.63) is 58.5 Å². The molecule has 0 unspecified atom stereocenters. The van der Waals surface area contributed by atoms with Gasteiger partial charge in [-0.05, 0) is 44.0 Å². The van der Waals surface area contributed by atoms with Crippen LogP contribution in [-0.4, -0.2) is 18.1 Å². The van der Waals surface area contributed by atoms with E-state index < -0.39 is 0 Å². The number of nitrogens with one attached hydrogen (secondary N) is 2. The van der Waals surface area contributed by atoms with Crippen LogP contribution in [0.4, 0.5) is 15.6 Å². The summed E-state index contributed by atoms with van der Waals surface area (Å²) in [5, 5.41) is 8.07. The number of benzene rings is 2. The predicted molar refractivity (Wildman–Crippen MR) is 107 cm³/mol. The number of nitrogens with zero attached hydrogens (tertiary/aromatic N) is 1. The van der Waals surface area contributed by atoms with Gasteiger partial charge in [0, 0.05) is 10.9 Å². The molecule has 2 N–H and O–H groups in total. The number of para-hydroxylation sites is 2. The Bertz CT molecular complexity index is 927. The van der Waals surface area contributed by atoms with Gasteiger partial charge < -0.3 is 10.1 Å². The van der Waals surface area contributed by atoms with E-state index in [0.717, 1.165) is 11.3 Å². The Morgan fingerprint density at radius 2 is 1.77 bits per heavy atom. The molecule has 26 heavy (non-hydrogen) atoms. The van der Waals surface area contributed by atoms with Crippen LogP contribution in [0.5, 0.6) is 5.75 Å². The zero-order chi connectivity index (χ0) is 18.7. The van der Waals surface area contributed by atoms with Crippen LogP contribution < -0.4 is 15.4 Å². The summed E-state index contributed by atoms with van der Waals surface area (Å²) in [4.78, 5) is 16.8. The van der Waals surface area contributed by atoms with Gasteiger partial charge in [0.25, 0.3) is 0 Å². The number of thiazole rings is 1. The largest absolute Gasteiger partial charge is 0.495 e. The molecule has 0 fully saturated rings. The molecule has 0 radical (unpaired) electrons. The predicted octanol–water partition coefficient (Wildman–Crippen LogP) is 5.39. The number of carbonyl (C=O) groups is 1. The Morgan fingerprint density at radius 3 is 2.46 bits per heavy atom. The van der Waals surface area contributed by atoms with Gasteiger partial charge in [0.15, 0.2) is 5.13 Å². The van der Waals surface area contributed by atoms with Crippen LogP contribution in [0.15, 0.2) is 41.8 Å². The Balaban J connectivity index is 1.76. The van der Waals surface area contributed by atoms with Crippen molar-refractivity contribution < 1.29 is 9.53 Å². The van der Waals surface area contributed by atoms with Crippen LogP contribution in [0.25, 0.3) is 11.3 Å². The maximum atomic E-state index is 12.3.